The van der Waals surface area contributed by atoms with Gasteiger partial charge in [0.05, 0.1) is 7.11 Å². The maximum absolute atomic E-state index is 13.7. The lowest BCUT2D eigenvalue weighted by molar-refractivity contribution is -0.136. The first-order valence-corrected chi connectivity index (χ1v) is 11.8. The molecule has 7 heteroatoms. The first-order valence-electron chi connectivity index (χ1n) is 11.8. The number of hydrogen-bond acceptors (Lipinski definition) is 5. The molecule has 1 aliphatic carbocycles. The van der Waals surface area contributed by atoms with E-state index in [0.717, 1.165) is 56.3 Å². The fraction of sp³-hybridized carbons (Fsp3) is 0.560. The number of rotatable bonds is 3. The molecule has 0 N–H and O–H groups in total. The number of aliphatic imine (C=N–C) groups is 1. The molecule has 1 unspecified atom stereocenters. The minimum Gasteiger partial charge on any atom is -0.497 e. The second-order valence-corrected chi connectivity index (χ2v) is 9.26. The predicted molar refractivity (Wildman–Crippen MR) is 121 cm³/mol. The molecule has 0 radical (unpaired) electrons. The Bertz CT molecular complexity index is 941. The van der Waals surface area contributed by atoms with Crippen molar-refractivity contribution in [3.63, 3.8) is 0 Å². The number of methoxy groups -OCH3 is 1. The maximum atomic E-state index is 13.7. The lowest BCUT2D eigenvalue weighted by Crippen LogP contribution is -2.48. The zero-order chi connectivity index (χ0) is 22.1. The Balaban J connectivity index is 1.39. The van der Waals surface area contributed by atoms with Crippen LogP contribution in [0.5, 0.6) is 5.75 Å². The zero-order valence-corrected chi connectivity index (χ0v) is 18.7. The van der Waals surface area contributed by atoms with E-state index in [9.17, 15) is 9.59 Å². The number of allylic oxidation sites excluding steroid dienone is 1. The van der Waals surface area contributed by atoms with Crippen LogP contribution in [-0.4, -0.2) is 59.5 Å². The molecule has 1 aromatic carbocycles. The highest BCUT2D eigenvalue weighted by molar-refractivity contribution is 6.05. The first-order chi connectivity index (χ1) is 15.6. The number of hydrogen-bond donors (Lipinski definition) is 0. The minimum atomic E-state index is -0.730. The summed E-state index contributed by atoms with van der Waals surface area (Å²) in [5.74, 6) is 1.13. The molecule has 1 aromatic rings. The van der Waals surface area contributed by atoms with Gasteiger partial charge in [0.2, 0.25) is 5.90 Å². The zero-order valence-electron chi connectivity index (χ0n) is 18.7. The summed E-state index contributed by atoms with van der Waals surface area (Å²) in [6.07, 6.45) is 10.8. The van der Waals surface area contributed by atoms with Gasteiger partial charge in [0.25, 0.3) is 0 Å². The molecule has 1 saturated carbocycles. The molecule has 1 spiro atoms. The van der Waals surface area contributed by atoms with Crippen molar-refractivity contribution in [1.82, 2.24) is 9.80 Å². The molecule has 2 fully saturated rings. The van der Waals surface area contributed by atoms with E-state index in [-0.39, 0.29) is 24.0 Å². The molecule has 3 atom stereocenters. The van der Waals surface area contributed by atoms with Gasteiger partial charge in [-0.25, -0.2) is 14.6 Å². The first kappa shape index (κ1) is 21.0. The summed E-state index contributed by atoms with van der Waals surface area (Å²) in [5.41, 5.74) is 0.340. The maximum Gasteiger partial charge on any atom is 0.341 e. The molecule has 3 heterocycles. The monoisotopic (exact) mass is 437 g/mol. The van der Waals surface area contributed by atoms with Gasteiger partial charge < -0.3 is 19.3 Å². The molecule has 4 aliphatic rings. The largest absolute Gasteiger partial charge is 0.497 e. The van der Waals surface area contributed by atoms with Crippen LogP contribution in [-0.2, 0) is 16.1 Å². The number of urea groups is 1. The number of amides is 2. The number of nitrogens with zero attached hydrogens (tertiary/aromatic N) is 3. The van der Waals surface area contributed by atoms with Crippen LogP contribution in [0, 0.1) is 5.92 Å². The van der Waals surface area contributed by atoms with Crippen molar-refractivity contribution in [3.8, 4) is 5.75 Å². The van der Waals surface area contributed by atoms with Crippen LogP contribution in [0.4, 0.5) is 4.79 Å². The molecular formula is C25H31N3O4. The van der Waals surface area contributed by atoms with Crippen LogP contribution in [0.25, 0.3) is 0 Å². The Kier molecular flexibility index (Phi) is 5.66. The lowest BCUT2D eigenvalue weighted by Gasteiger charge is -2.31. The number of carbonyl (C=O) groups excluding carboxylic acids is 2. The van der Waals surface area contributed by atoms with Gasteiger partial charge in [0.1, 0.15) is 11.8 Å². The Labute approximate surface area is 189 Å². The second kappa shape index (κ2) is 8.60. The van der Waals surface area contributed by atoms with Crippen molar-refractivity contribution in [2.24, 2.45) is 10.9 Å². The Morgan fingerprint density at radius 1 is 1.12 bits per heavy atom. The number of benzene rings is 1. The number of fused-ring (bicyclic) bond motifs is 2. The summed E-state index contributed by atoms with van der Waals surface area (Å²) in [7, 11) is 1.65. The standard InChI is InChI=1S/C25H31N3O4/c1-31-20-12-10-18(11-13-20)17-27-14-6-4-2-3-5-8-19-16-25(19)23(29)32-22(26-25)21-9-7-15-28(21)24(27)30/h5,8,10-13,19,21H,2-4,6-7,9,14-17H2,1H3/b8-5-/t19-,21+,25?/m1/s1. The predicted octanol–water partition coefficient (Wildman–Crippen LogP) is 3.93. The van der Waals surface area contributed by atoms with Gasteiger partial charge in [0, 0.05) is 25.6 Å². The van der Waals surface area contributed by atoms with Crippen LogP contribution < -0.4 is 4.74 Å². The van der Waals surface area contributed by atoms with Gasteiger partial charge in [-0.3, -0.25) is 0 Å². The highest BCUT2D eigenvalue weighted by atomic mass is 16.6. The van der Waals surface area contributed by atoms with Gasteiger partial charge in [-0.2, -0.15) is 0 Å². The molecule has 1 saturated heterocycles. The summed E-state index contributed by atoms with van der Waals surface area (Å²) in [4.78, 5) is 34.9. The van der Waals surface area contributed by atoms with E-state index in [2.05, 4.69) is 12.2 Å². The number of carbonyl (C=O) groups is 2. The quantitative estimate of drug-likeness (QED) is 0.531. The Morgan fingerprint density at radius 3 is 2.78 bits per heavy atom. The van der Waals surface area contributed by atoms with Crippen molar-refractivity contribution in [2.75, 3.05) is 20.2 Å². The van der Waals surface area contributed by atoms with E-state index in [0.29, 0.717) is 25.5 Å². The SMILES string of the molecule is COc1ccc(CN2CCCCC/C=C\[C@@H]3CC34N=C(OC4=O)[C@@H]3CCCN3C2=O)cc1. The van der Waals surface area contributed by atoms with Crippen LogP contribution in [0.2, 0.25) is 0 Å². The van der Waals surface area contributed by atoms with E-state index < -0.39 is 5.54 Å². The van der Waals surface area contributed by atoms with Gasteiger partial charge in [-0.1, -0.05) is 30.7 Å². The summed E-state index contributed by atoms with van der Waals surface area (Å²) in [5, 5.41) is 0. The highest BCUT2D eigenvalue weighted by Gasteiger charge is 2.65. The van der Waals surface area contributed by atoms with Crippen molar-refractivity contribution >= 4 is 17.9 Å². The topological polar surface area (TPSA) is 71.4 Å². The van der Waals surface area contributed by atoms with Crippen LogP contribution in [0.15, 0.2) is 41.4 Å². The van der Waals surface area contributed by atoms with Crippen LogP contribution >= 0.6 is 0 Å². The number of ether oxygens (including phenoxy) is 2. The molecule has 2 bridgehead atoms. The van der Waals surface area contributed by atoms with E-state index in [1.165, 1.54) is 0 Å². The van der Waals surface area contributed by atoms with Crippen molar-refractivity contribution in [3.05, 3.63) is 42.0 Å². The van der Waals surface area contributed by atoms with E-state index in [4.69, 9.17) is 14.5 Å². The fourth-order valence-electron chi connectivity index (χ4n) is 5.09. The van der Waals surface area contributed by atoms with Crippen LogP contribution in [0.3, 0.4) is 0 Å². The minimum absolute atomic E-state index is 0.00311. The van der Waals surface area contributed by atoms with Gasteiger partial charge >= 0.3 is 12.0 Å². The number of esters is 1. The summed E-state index contributed by atoms with van der Waals surface area (Å²) in [6, 6.07) is 7.62. The van der Waals surface area contributed by atoms with E-state index in [1.807, 2.05) is 34.1 Å². The molecule has 170 valence electrons. The average Bonchev–Trinajstić information content (AvgIpc) is 3.13. The fourth-order valence-corrected chi connectivity index (χ4v) is 5.09. The molecule has 2 amide bonds. The van der Waals surface area contributed by atoms with E-state index in [1.54, 1.807) is 7.11 Å². The normalized spacial score (nSPS) is 31.1. The highest BCUT2D eigenvalue weighted by Crippen LogP contribution is 2.52. The van der Waals surface area contributed by atoms with Crippen molar-refractivity contribution in [2.45, 2.75) is 63.1 Å². The Hall–Kier alpha value is -2.83. The molecule has 5 rings (SSSR count). The third-order valence-electron chi connectivity index (χ3n) is 7.10. The molecule has 7 nitrogen and oxygen atoms in total. The van der Waals surface area contributed by atoms with Gasteiger partial charge in [0.15, 0.2) is 5.54 Å². The Morgan fingerprint density at radius 2 is 1.97 bits per heavy atom. The molecule has 3 aliphatic heterocycles. The van der Waals surface area contributed by atoms with E-state index >= 15 is 0 Å². The lowest BCUT2D eigenvalue weighted by atomic mass is 10.1. The molecule has 0 aromatic heterocycles. The molecule has 32 heavy (non-hydrogen) atoms. The summed E-state index contributed by atoms with van der Waals surface area (Å²) >= 11 is 0. The third-order valence-corrected chi connectivity index (χ3v) is 7.10. The van der Waals surface area contributed by atoms with Crippen LogP contribution in [0.1, 0.15) is 50.5 Å². The summed E-state index contributed by atoms with van der Waals surface area (Å²) in [6.45, 7) is 1.91. The second-order valence-electron chi connectivity index (χ2n) is 9.26. The molecular weight excluding hydrogens is 406 g/mol. The van der Waals surface area contributed by atoms with Gasteiger partial charge in [-0.15, -0.1) is 0 Å². The van der Waals surface area contributed by atoms with Crippen molar-refractivity contribution < 1.29 is 19.1 Å². The van der Waals surface area contributed by atoms with Gasteiger partial charge in [-0.05, 0) is 56.2 Å². The average molecular weight is 438 g/mol. The van der Waals surface area contributed by atoms with Crippen molar-refractivity contribution in [1.29, 1.82) is 0 Å². The summed E-state index contributed by atoms with van der Waals surface area (Å²) < 4.78 is 10.9. The smallest absolute Gasteiger partial charge is 0.341 e. The third kappa shape index (κ3) is 3.89.